The maximum Gasteiger partial charge on any atom is 0.141 e. The Bertz CT molecular complexity index is 731. The quantitative estimate of drug-likeness (QED) is 0.423. The van der Waals surface area contributed by atoms with Crippen LogP contribution in [0.4, 0.5) is 11.6 Å². The van der Waals surface area contributed by atoms with Crippen LogP contribution in [-0.4, -0.2) is 47.3 Å². The fourth-order valence-corrected chi connectivity index (χ4v) is 3.18. The van der Waals surface area contributed by atoms with Gasteiger partial charge in [-0.3, -0.25) is 4.90 Å². The van der Waals surface area contributed by atoms with Gasteiger partial charge in [0.05, 0.1) is 11.8 Å². The molecule has 1 aliphatic rings. The van der Waals surface area contributed by atoms with Gasteiger partial charge in [0, 0.05) is 12.6 Å². The monoisotopic (exact) mass is 368 g/mol. The Labute approximate surface area is 160 Å². The summed E-state index contributed by atoms with van der Waals surface area (Å²) in [5.41, 5.74) is 7.82. The maximum absolute atomic E-state index is 6.02. The van der Waals surface area contributed by atoms with Gasteiger partial charge >= 0.3 is 0 Å². The van der Waals surface area contributed by atoms with Gasteiger partial charge in [-0.2, -0.15) is 0 Å². The molecule has 0 spiro atoms. The summed E-state index contributed by atoms with van der Waals surface area (Å²) in [4.78, 5) is 16.2. The Morgan fingerprint density at radius 3 is 2.78 bits per heavy atom. The summed E-state index contributed by atoms with van der Waals surface area (Å²) < 4.78 is 0. The van der Waals surface area contributed by atoms with E-state index in [2.05, 4.69) is 44.4 Å². The average molecular weight is 368 g/mol. The van der Waals surface area contributed by atoms with Crippen LogP contribution >= 0.6 is 0 Å². The van der Waals surface area contributed by atoms with Crippen molar-refractivity contribution < 1.29 is 4.84 Å². The molecule has 7 heteroatoms. The SMILES string of the molecule is C[C@H](Nc1ncnc(N)c1/C=N/OCCN1CCCCC1)c1ccccc1. The predicted molar refractivity (Wildman–Crippen MR) is 109 cm³/mol. The minimum atomic E-state index is 0.0765. The summed E-state index contributed by atoms with van der Waals surface area (Å²) in [6.07, 6.45) is 6.92. The minimum absolute atomic E-state index is 0.0765. The lowest BCUT2D eigenvalue weighted by Gasteiger charge is -2.25. The van der Waals surface area contributed by atoms with E-state index in [1.165, 1.54) is 25.6 Å². The van der Waals surface area contributed by atoms with Crippen molar-refractivity contribution in [3.63, 3.8) is 0 Å². The third-order valence-electron chi connectivity index (χ3n) is 4.77. The molecule has 1 atom stereocenters. The molecule has 1 fully saturated rings. The third kappa shape index (κ3) is 5.65. The van der Waals surface area contributed by atoms with E-state index in [9.17, 15) is 0 Å². The predicted octanol–water partition coefficient (Wildman–Crippen LogP) is 3.07. The van der Waals surface area contributed by atoms with Gasteiger partial charge in [-0.1, -0.05) is 41.9 Å². The molecule has 0 amide bonds. The van der Waals surface area contributed by atoms with Crippen LogP contribution in [0.5, 0.6) is 0 Å². The van der Waals surface area contributed by atoms with E-state index >= 15 is 0 Å². The van der Waals surface area contributed by atoms with Crippen molar-refractivity contribution in [1.29, 1.82) is 0 Å². The van der Waals surface area contributed by atoms with Gasteiger partial charge in [0.25, 0.3) is 0 Å². The summed E-state index contributed by atoms with van der Waals surface area (Å²) in [6.45, 7) is 5.83. The zero-order chi connectivity index (χ0) is 18.9. The first-order valence-electron chi connectivity index (χ1n) is 9.53. The second kappa shape index (κ2) is 9.87. The van der Waals surface area contributed by atoms with Crippen LogP contribution in [0.3, 0.4) is 0 Å². The van der Waals surface area contributed by atoms with E-state index in [4.69, 9.17) is 10.6 Å². The van der Waals surface area contributed by atoms with Crippen molar-refractivity contribution in [1.82, 2.24) is 14.9 Å². The summed E-state index contributed by atoms with van der Waals surface area (Å²) in [5, 5.41) is 7.45. The average Bonchev–Trinajstić information content (AvgIpc) is 2.71. The number of aromatic nitrogens is 2. The fraction of sp³-hybridized carbons (Fsp3) is 0.450. The zero-order valence-corrected chi connectivity index (χ0v) is 15.8. The van der Waals surface area contributed by atoms with Gasteiger partial charge in [0.15, 0.2) is 0 Å². The number of nitrogen functional groups attached to an aromatic ring is 1. The van der Waals surface area contributed by atoms with E-state index in [-0.39, 0.29) is 6.04 Å². The van der Waals surface area contributed by atoms with Crippen LogP contribution in [0.1, 0.15) is 43.4 Å². The molecule has 1 aromatic heterocycles. The standard InChI is InChI=1S/C20H28N6O/c1-16(17-8-4-2-5-9-17)25-20-18(19(21)22-15-23-20)14-24-27-13-12-26-10-6-3-7-11-26/h2,4-5,8-9,14-16H,3,6-7,10-13H2,1H3,(H3,21,22,23,25)/b24-14+/t16-/m0/s1. The second-order valence-corrected chi connectivity index (χ2v) is 6.77. The first-order valence-corrected chi connectivity index (χ1v) is 9.53. The Balaban J connectivity index is 1.57. The minimum Gasteiger partial charge on any atom is -0.394 e. The Kier molecular flexibility index (Phi) is 6.98. The van der Waals surface area contributed by atoms with Crippen LogP contribution in [0, 0.1) is 0 Å². The Morgan fingerprint density at radius 2 is 2.00 bits per heavy atom. The lowest BCUT2D eigenvalue weighted by Crippen LogP contribution is -2.32. The van der Waals surface area contributed by atoms with E-state index < -0.39 is 0 Å². The van der Waals surface area contributed by atoms with E-state index in [1.807, 2.05) is 18.2 Å². The van der Waals surface area contributed by atoms with Crippen molar-refractivity contribution in [2.24, 2.45) is 5.16 Å². The number of hydrogen-bond acceptors (Lipinski definition) is 7. The third-order valence-corrected chi connectivity index (χ3v) is 4.77. The molecule has 0 radical (unpaired) electrons. The molecule has 1 aromatic carbocycles. The molecule has 0 bridgehead atoms. The summed E-state index contributed by atoms with van der Waals surface area (Å²) >= 11 is 0. The lowest BCUT2D eigenvalue weighted by molar-refractivity contribution is 0.103. The zero-order valence-electron chi connectivity index (χ0n) is 15.8. The fourth-order valence-electron chi connectivity index (χ4n) is 3.18. The highest BCUT2D eigenvalue weighted by atomic mass is 16.6. The summed E-state index contributed by atoms with van der Waals surface area (Å²) in [6, 6.07) is 10.2. The van der Waals surface area contributed by atoms with Crippen LogP contribution in [0.15, 0.2) is 41.8 Å². The van der Waals surface area contributed by atoms with Gasteiger partial charge in [-0.05, 0) is 38.4 Å². The van der Waals surface area contributed by atoms with E-state index in [0.717, 1.165) is 25.2 Å². The number of hydrogen-bond donors (Lipinski definition) is 2. The Morgan fingerprint density at radius 1 is 1.22 bits per heavy atom. The Hall–Kier alpha value is -2.67. The van der Waals surface area contributed by atoms with Crippen LogP contribution in [0.25, 0.3) is 0 Å². The van der Waals surface area contributed by atoms with Crippen LogP contribution in [-0.2, 0) is 4.84 Å². The number of anilines is 2. The van der Waals surface area contributed by atoms with Crippen molar-refractivity contribution in [3.8, 4) is 0 Å². The number of nitrogens with zero attached hydrogens (tertiary/aromatic N) is 4. The molecule has 3 rings (SSSR count). The van der Waals surface area contributed by atoms with Crippen LogP contribution in [0.2, 0.25) is 0 Å². The molecule has 27 heavy (non-hydrogen) atoms. The number of piperidine rings is 1. The first-order chi connectivity index (χ1) is 13.2. The van der Waals surface area contributed by atoms with Crippen molar-refractivity contribution in [3.05, 3.63) is 47.8 Å². The highest BCUT2D eigenvalue weighted by Gasteiger charge is 2.12. The molecular formula is C20H28N6O. The molecule has 0 aliphatic carbocycles. The van der Waals surface area contributed by atoms with E-state index in [0.29, 0.717) is 23.8 Å². The van der Waals surface area contributed by atoms with E-state index in [1.54, 1.807) is 6.21 Å². The molecular weight excluding hydrogens is 340 g/mol. The van der Waals surface area contributed by atoms with Gasteiger partial charge in [0.1, 0.15) is 24.6 Å². The molecule has 1 aliphatic heterocycles. The van der Waals surface area contributed by atoms with Crippen LogP contribution < -0.4 is 11.1 Å². The lowest BCUT2D eigenvalue weighted by atomic mass is 10.1. The molecule has 1 saturated heterocycles. The number of benzene rings is 1. The van der Waals surface area contributed by atoms with Gasteiger partial charge in [-0.25, -0.2) is 9.97 Å². The van der Waals surface area contributed by atoms with Gasteiger partial charge in [-0.15, -0.1) is 0 Å². The highest BCUT2D eigenvalue weighted by Crippen LogP contribution is 2.21. The second-order valence-electron chi connectivity index (χ2n) is 6.77. The number of nitrogens with one attached hydrogen (secondary N) is 1. The molecule has 2 heterocycles. The smallest absolute Gasteiger partial charge is 0.141 e. The first kappa shape index (κ1) is 19.1. The van der Waals surface area contributed by atoms with Gasteiger partial charge in [0.2, 0.25) is 0 Å². The molecule has 144 valence electrons. The maximum atomic E-state index is 6.02. The topological polar surface area (TPSA) is 88.7 Å². The molecule has 0 unspecified atom stereocenters. The molecule has 7 nitrogen and oxygen atoms in total. The molecule has 0 saturated carbocycles. The largest absolute Gasteiger partial charge is 0.394 e. The van der Waals surface area contributed by atoms with Gasteiger partial charge < -0.3 is 15.9 Å². The highest BCUT2D eigenvalue weighted by molar-refractivity contribution is 5.91. The van der Waals surface area contributed by atoms with Crippen molar-refractivity contribution in [2.45, 2.75) is 32.2 Å². The summed E-state index contributed by atoms with van der Waals surface area (Å²) in [5.74, 6) is 1.01. The van der Waals surface area contributed by atoms with Crippen molar-refractivity contribution in [2.75, 3.05) is 37.3 Å². The number of likely N-dealkylation sites (tertiary alicyclic amines) is 1. The molecule has 3 N–H and O–H groups in total. The number of rotatable bonds is 8. The van der Waals surface area contributed by atoms with Crippen molar-refractivity contribution >= 4 is 17.9 Å². The normalized spacial score (nSPS) is 16.3. The summed E-state index contributed by atoms with van der Waals surface area (Å²) in [7, 11) is 0. The molecule has 2 aromatic rings. The number of nitrogens with two attached hydrogens (primary N) is 1. The number of oxime groups is 1.